The van der Waals surface area contributed by atoms with E-state index in [1.54, 1.807) is 21.9 Å². The van der Waals surface area contributed by atoms with Gasteiger partial charge < -0.3 is 20.3 Å². The van der Waals surface area contributed by atoms with Crippen LogP contribution in [0, 0.1) is 5.92 Å². The van der Waals surface area contributed by atoms with Crippen LogP contribution >= 0.6 is 0 Å². The highest BCUT2D eigenvalue weighted by Gasteiger charge is 2.32. The summed E-state index contributed by atoms with van der Waals surface area (Å²) in [5.74, 6) is -0.417. The number of ether oxygens (including phenoxy) is 1. The molecule has 2 unspecified atom stereocenters. The van der Waals surface area contributed by atoms with E-state index in [0.29, 0.717) is 26.2 Å². The minimum Gasteiger partial charge on any atom is -0.434 e. The molecule has 3 rings (SSSR count). The quantitative estimate of drug-likeness (QED) is 0.867. The van der Waals surface area contributed by atoms with E-state index in [1.807, 2.05) is 0 Å². The predicted octanol–water partition coefficient (Wildman–Crippen LogP) is 2.09. The summed E-state index contributed by atoms with van der Waals surface area (Å²) in [6, 6.07) is 6.06. The van der Waals surface area contributed by atoms with Gasteiger partial charge in [-0.05, 0) is 31.4 Å². The maximum atomic E-state index is 12.7. The molecule has 2 N–H and O–H groups in total. The van der Waals surface area contributed by atoms with Gasteiger partial charge in [-0.2, -0.15) is 8.78 Å². The van der Waals surface area contributed by atoms with Crippen LogP contribution in [0.2, 0.25) is 0 Å². The standard InChI is InChI=1S/C19H25F2N3O3/c20-19(21)27-16-7-2-1-6-15(16)18(26)24-10-8-23(9-11-24)17(25)13-4-3-5-14(22)12-13/h1-2,6-7,13-14,19H,3-5,8-12,22H2. The van der Waals surface area contributed by atoms with Crippen LogP contribution in [0.4, 0.5) is 8.78 Å². The number of piperazine rings is 1. The molecule has 148 valence electrons. The summed E-state index contributed by atoms with van der Waals surface area (Å²) >= 11 is 0. The average molecular weight is 381 g/mol. The second kappa shape index (κ2) is 8.65. The zero-order chi connectivity index (χ0) is 19.4. The van der Waals surface area contributed by atoms with Gasteiger partial charge in [-0.25, -0.2) is 0 Å². The van der Waals surface area contributed by atoms with Crippen molar-refractivity contribution < 1.29 is 23.1 Å². The van der Waals surface area contributed by atoms with Crippen molar-refractivity contribution in [2.45, 2.75) is 38.3 Å². The lowest BCUT2D eigenvalue weighted by molar-refractivity contribution is -0.138. The fourth-order valence-electron chi connectivity index (χ4n) is 3.85. The van der Waals surface area contributed by atoms with E-state index >= 15 is 0 Å². The summed E-state index contributed by atoms with van der Waals surface area (Å²) in [7, 11) is 0. The van der Waals surface area contributed by atoms with Crippen molar-refractivity contribution in [3.63, 3.8) is 0 Å². The molecule has 6 nitrogen and oxygen atoms in total. The molecule has 27 heavy (non-hydrogen) atoms. The van der Waals surface area contributed by atoms with Crippen molar-refractivity contribution in [1.29, 1.82) is 0 Å². The van der Waals surface area contributed by atoms with Gasteiger partial charge in [0.15, 0.2) is 0 Å². The van der Waals surface area contributed by atoms with E-state index in [-0.39, 0.29) is 35.1 Å². The summed E-state index contributed by atoms with van der Waals surface area (Å²) < 4.78 is 29.5. The molecule has 0 aromatic heterocycles. The molecule has 1 aliphatic carbocycles. The molecule has 1 heterocycles. The van der Waals surface area contributed by atoms with Gasteiger partial charge in [0.1, 0.15) is 5.75 Å². The second-order valence-corrected chi connectivity index (χ2v) is 7.12. The molecule has 2 atom stereocenters. The molecule has 1 aliphatic heterocycles. The van der Waals surface area contributed by atoms with Crippen LogP contribution in [0.1, 0.15) is 36.0 Å². The molecule has 1 saturated carbocycles. The first-order chi connectivity index (χ1) is 13.0. The van der Waals surface area contributed by atoms with Crippen molar-refractivity contribution in [2.75, 3.05) is 26.2 Å². The van der Waals surface area contributed by atoms with Crippen molar-refractivity contribution in [3.8, 4) is 5.75 Å². The van der Waals surface area contributed by atoms with Crippen LogP contribution in [0.15, 0.2) is 24.3 Å². The Kier molecular flexibility index (Phi) is 6.26. The Balaban J connectivity index is 1.59. The zero-order valence-corrected chi connectivity index (χ0v) is 15.2. The number of carbonyl (C=O) groups is 2. The summed E-state index contributed by atoms with van der Waals surface area (Å²) in [6.45, 7) is -1.38. The smallest absolute Gasteiger partial charge is 0.387 e. The summed E-state index contributed by atoms with van der Waals surface area (Å²) in [5, 5.41) is 0. The van der Waals surface area contributed by atoms with E-state index in [2.05, 4.69) is 4.74 Å². The number of hydrogen-bond acceptors (Lipinski definition) is 4. The highest BCUT2D eigenvalue weighted by Crippen LogP contribution is 2.26. The van der Waals surface area contributed by atoms with Gasteiger partial charge in [-0.3, -0.25) is 9.59 Å². The zero-order valence-electron chi connectivity index (χ0n) is 15.2. The van der Waals surface area contributed by atoms with Crippen LogP contribution in [0.25, 0.3) is 0 Å². The summed E-state index contributed by atoms with van der Waals surface area (Å²) in [5.41, 5.74) is 6.09. The maximum absolute atomic E-state index is 12.7. The van der Waals surface area contributed by atoms with Gasteiger partial charge in [0.2, 0.25) is 5.91 Å². The third-order valence-corrected chi connectivity index (χ3v) is 5.28. The molecule has 2 amide bonds. The van der Waals surface area contributed by atoms with Crippen molar-refractivity contribution in [2.24, 2.45) is 11.7 Å². The fourth-order valence-corrected chi connectivity index (χ4v) is 3.85. The van der Waals surface area contributed by atoms with E-state index < -0.39 is 6.61 Å². The topological polar surface area (TPSA) is 75.9 Å². The SMILES string of the molecule is NC1CCCC(C(=O)N2CCN(C(=O)c3ccccc3OC(F)F)CC2)C1. The number of nitrogens with two attached hydrogens (primary N) is 1. The Hall–Kier alpha value is -2.22. The van der Waals surface area contributed by atoms with E-state index in [9.17, 15) is 18.4 Å². The van der Waals surface area contributed by atoms with Gasteiger partial charge in [-0.1, -0.05) is 18.6 Å². The third kappa shape index (κ3) is 4.74. The number of benzene rings is 1. The Labute approximate surface area is 157 Å². The predicted molar refractivity (Wildman–Crippen MR) is 95.5 cm³/mol. The number of alkyl halides is 2. The second-order valence-electron chi connectivity index (χ2n) is 7.12. The molecule has 1 saturated heterocycles. The van der Waals surface area contributed by atoms with Crippen LogP contribution < -0.4 is 10.5 Å². The largest absolute Gasteiger partial charge is 0.434 e. The number of hydrogen-bond donors (Lipinski definition) is 1. The van der Waals surface area contributed by atoms with Gasteiger partial charge in [0.05, 0.1) is 5.56 Å². The Morgan fingerprint density at radius 2 is 1.74 bits per heavy atom. The normalized spacial score (nSPS) is 23.4. The highest BCUT2D eigenvalue weighted by atomic mass is 19.3. The third-order valence-electron chi connectivity index (χ3n) is 5.28. The lowest BCUT2D eigenvalue weighted by atomic mass is 9.85. The number of carbonyl (C=O) groups excluding carboxylic acids is 2. The molecule has 0 spiro atoms. The number of para-hydroxylation sites is 1. The first-order valence-corrected chi connectivity index (χ1v) is 9.33. The lowest BCUT2D eigenvalue weighted by Gasteiger charge is -2.38. The van der Waals surface area contributed by atoms with Crippen molar-refractivity contribution in [3.05, 3.63) is 29.8 Å². The Bertz CT molecular complexity index is 678. The molecule has 0 bridgehead atoms. The first-order valence-electron chi connectivity index (χ1n) is 9.33. The molecular formula is C19H25F2N3O3. The molecule has 1 aromatic carbocycles. The van der Waals surface area contributed by atoms with Gasteiger partial charge >= 0.3 is 6.61 Å². The van der Waals surface area contributed by atoms with E-state index in [1.165, 1.54) is 12.1 Å². The average Bonchev–Trinajstić information content (AvgIpc) is 2.67. The maximum Gasteiger partial charge on any atom is 0.387 e. The highest BCUT2D eigenvalue weighted by molar-refractivity contribution is 5.97. The molecule has 1 aromatic rings. The fraction of sp³-hybridized carbons (Fsp3) is 0.579. The van der Waals surface area contributed by atoms with Gasteiger partial charge in [0, 0.05) is 38.1 Å². The lowest BCUT2D eigenvalue weighted by Crippen LogP contribution is -2.52. The Morgan fingerprint density at radius 1 is 1.07 bits per heavy atom. The molecule has 2 aliphatic rings. The molecular weight excluding hydrogens is 356 g/mol. The number of nitrogens with zero attached hydrogens (tertiary/aromatic N) is 2. The van der Waals surface area contributed by atoms with E-state index in [4.69, 9.17) is 5.73 Å². The van der Waals surface area contributed by atoms with Crippen LogP contribution in [0.5, 0.6) is 5.75 Å². The summed E-state index contributed by atoms with van der Waals surface area (Å²) in [4.78, 5) is 28.7. The molecule has 0 radical (unpaired) electrons. The van der Waals surface area contributed by atoms with Crippen LogP contribution in [-0.4, -0.2) is 60.4 Å². The van der Waals surface area contributed by atoms with Crippen molar-refractivity contribution >= 4 is 11.8 Å². The molecule has 2 fully saturated rings. The Morgan fingerprint density at radius 3 is 2.41 bits per heavy atom. The monoisotopic (exact) mass is 381 g/mol. The van der Waals surface area contributed by atoms with Crippen molar-refractivity contribution in [1.82, 2.24) is 9.80 Å². The minimum atomic E-state index is -2.99. The van der Waals surface area contributed by atoms with Gasteiger partial charge in [0.25, 0.3) is 5.91 Å². The van der Waals surface area contributed by atoms with E-state index in [0.717, 1.165) is 25.7 Å². The number of rotatable bonds is 4. The summed E-state index contributed by atoms with van der Waals surface area (Å²) in [6.07, 6.45) is 3.52. The van der Waals surface area contributed by atoms with Gasteiger partial charge in [-0.15, -0.1) is 0 Å². The first kappa shape index (κ1) is 19.5. The van der Waals surface area contributed by atoms with Crippen LogP contribution in [0.3, 0.4) is 0 Å². The minimum absolute atomic E-state index is 0.0313. The van der Waals surface area contributed by atoms with Crippen LogP contribution in [-0.2, 0) is 4.79 Å². The number of halogens is 2. The number of amides is 2. The molecule has 8 heteroatoms.